The van der Waals surface area contributed by atoms with E-state index < -0.39 is 5.97 Å². The molecule has 0 aliphatic carbocycles. The average Bonchev–Trinajstić information content (AvgIpc) is 2.54. The Morgan fingerprint density at radius 2 is 1.82 bits per heavy atom. The molecule has 0 amide bonds. The molecule has 0 radical (unpaired) electrons. The summed E-state index contributed by atoms with van der Waals surface area (Å²) in [6, 6.07) is 17.3. The molecule has 3 rings (SSSR count). The molecular weight excluding hydrogens is 278 g/mol. The van der Waals surface area contributed by atoms with Crippen LogP contribution in [-0.2, 0) is 9.53 Å². The van der Waals surface area contributed by atoms with Gasteiger partial charge in [0.15, 0.2) is 0 Å². The van der Waals surface area contributed by atoms with E-state index in [1.54, 1.807) is 6.92 Å². The Balaban J connectivity index is 2.17. The van der Waals surface area contributed by atoms with E-state index in [2.05, 4.69) is 0 Å². The van der Waals surface area contributed by atoms with Crippen LogP contribution in [0.3, 0.4) is 0 Å². The number of rotatable bonds is 3. The van der Waals surface area contributed by atoms with Gasteiger partial charge in [-0.1, -0.05) is 48.5 Å². The molecular formula is C18H17NO3. The first-order valence-corrected chi connectivity index (χ1v) is 7.21. The van der Waals surface area contributed by atoms with E-state index in [1.807, 2.05) is 54.6 Å². The van der Waals surface area contributed by atoms with Gasteiger partial charge in [0, 0.05) is 5.56 Å². The van der Waals surface area contributed by atoms with Gasteiger partial charge in [-0.05, 0) is 18.6 Å². The average molecular weight is 295 g/mol. The molecule has 4 nitrogen and oxygen atoms in total. The van der Waals surface area contributed by atoms with E-state index in [1.165, 1.54) is 0 Å². The number of ether oxygens (including phenoxy) is 2. The molecule has 1 aliphatic rings. The van der Waals surface area contributed by atoms with Crippen LogP contribution >= 0.6 is 0 Å². The van der Waals surface area contributed by atoms with Crippen LogP contribution in [0, 0.1) is 0 Å². The Hall–Kier alpha value is -2.75. The molecule has 112 valence electrons. The molecule has 2 aromatic rings. The lowest BCUT2D eigenvalue weighted by molar-refractivity contribution is -0.139. The Kier molecular flexibility index (Phi) is 3.83. The van der Waals surface area contributed by atoms with Gasteiger partial charge in [0.05, 0.1) is 12.5 Å². The fraction of sp³-hybridized carbons (Fsp3) is 0.167. The summed E-state index contributed by atoms with van der Waals surface area (Å²) in [5, 5.41) is 0. The van der Waals surface area contributed by atoms with E-state index in [4.69, 9.17) is 15.2 Å². The molecule has 1 aliphatic heterocycles. The maximum absolute atomic E-state index is 12.4. The van der Waals surface area contributed by atoms with Crippen LogP contribution in [0.25, 0.3) is 0 Å². The van der Waals surface area contributed by atoms with Crippen LogP contribution in [0.5, 0.6) is 5.75 Å². The first-order valence-electron chi connectivity index (χ1n) is 7.21. The van der Waals surface area contributed by atoms with Crippen molar-refractivity contribution in [2.75, 3.05) is 6.61 Å². The van der Waals surface area contributed by atoms with Crippen molar-refractivity contribution in [1.82, 2.24) is 0 Å². The van der Waals surface area contributed by atoms with Gasteiger partial charge in [-0.3, -0.25) is 0 Å². The first-order chi connectivity index (χ1) is 10.7. The molecule has 4 heteroatoms. The third kappa shape index (κ3) is 2.44. The topological polar surface area (TPSA) is 61.5 Å². The van der Waals surface area contributed by atoms with Gasteiger partial charge in [-0.15, -0.1) is 0 Å². The molecule has 1 atom stereocenters. The summed E-state index contributed by atoms with van der Waals surface area (Å²) in [6.07, 6.45) is 0. The standard InChI is InChI=1S/C18H17NO3/c1-2-21-18(20)16-15(12-8-4-3-5-9-12)13-10-6-7-11-14(13)22-17(16)19/h3-11,15H,2,19H2,1H3/t15-/m1/s1. The van der Waals surface area contributed by atoms with Crippen molar-refractivity contribution in [2.24, 2.45) is 5.73 Å². The van der Waals surface area contributed by atoms with Crippen LogP contribution in [0.2, 0.25) is 0 Å². The molecule has 0 unspecified atom stereocenters. The van der Waals surface area contributed by atoms with Crippen molar-refractivity contribution in [1.29, 1.82) is 0 Å². The number of carbonyl (C=O) groups excluding carboxylic acids is 1. The largest absolute Gasteiger partial charge is 0.462 e. The zero-order valence-corrected chi connectivity index (χ0v) is 12.3. The van der Waals surface area contributed by atoms with Crippen molar-refractivity contribution in [3.8, 4) is 5.75 Å². The maximum Gasteiger partial charge on any atom is 0.340 e. The van der Waals surface area contributed by atoms with Gasteiger partial charge in [-0.2, -0.15) is 0 Å². The summed E-state index contributed by atoms with van der Waals surface area (Å²) in [7, 11) is 0. The molecule has 0 saturated carbocycles. The zero-order valence-electron chi connectivity index (χ0n) is 12.3. The molecule has 1 heterocycles. The highest BCUT2D eigenvalue weighted by molar-refractivity contribution is 5.92. The minimum Gasteiger partial charge on any atom is -0.462 e. The monoisotopic (exact) mass is 295 g/mol. The van der Waals surface area contributed by atoms with Gasteiger partial charge >= 0.3 is 5.97 Å². The van der Waals surface area contributed by atoms with Gasteiger partial charge in [0.25, 0.3) is 0 Å². The van der Waals surface area contributed by atoms with Crippen molar-refractivity contribution in [3.63, 3.8) is 0 Å². The lowest BCUT2D eigenvalue weighted by Crippen LogP contribution is -2.27. The summed E-state index contributed by atoms with van der Waals surface area (Å²) < 4.78 is 10.8. The minimum atomic E-state index is -0.441. The summed E-state index contributed by atoms with van der Waals surface area (Å²) in [4.78, 5) is 12.4. The summed E-state index contributed by atoms with van der Waals surface area (Å²) in [6.45, 7) is 2.06. The first kappa shape index (κ1) is 14.2. The molecule has 22 heavy (non-hydrogen) atoms. The van der Waals surface area contributed by atoms with E-state index in [9.17, 15) is 4.79 Å². The maximum atomic E-state index is 12.4. The van der Waals surface area contributed by atoms with Crippen LogP contribution in [0.15, 0.2) is 66.1 Å². The van der Waals surface area contributed by atoms with Crippen molar-refractivity contribution < 1.29 is 14.3 Å². The molecule has 2 aromatic carbocycles. The zero-order chi connectivity index (χ0) is 15.5. The highest BCUT2D eigenvalue weighted by Gasteiger charge is 2.35. The van der Waals surface area contributed by atoms with Crippen molar-refractivity contribution in [3.05, 3.63) is 77.2 Å². The second-order valence-electron chi connectivity index (χ2n) is 4.98. The predicted molar refractivity (Wildman–Crippen MR) is 83.2 cm³/mol. The third-order valence-electron chi connectivity index (χ3n) is 3.63. The van der Waals surface area contributed by atoms with Gasteiger partial charge in [0.1, 0.15) is 11.3 Å². The van der Waals surface area contributed by atoms with Crippen molar-refractivity contribution >= 4 is 5.97 Å². The minimum absolute atomic E-state index is 0.103. The fourth-order valence-electron chi connectivity index (χ4n) is 2.70. The van der Waals surface area contributed by atoms with E-state index in [0.29, 0.717) is 17.9 Å². The van der Waals surface area contributed by atoms with Crippen molar-refractivity contribution in [2.45, 2.75) is 12.8 Å². The predicted octanol–water partition coefficient (Wildman–Crippen LogP) is 2.94. The van der Waals surface area contributed by atoms with Gasteiger partial charge < -0.3 is 15.2 Å². The number of hydrogen-bond donors (Lipinski definition) is 1. The summed E-state index contributed by atoms with van der Waals surface area (Å²) in [5.41, 5.74) is 8.25. The third-order valence-corrected chi connectivity index (χ3v) is 3.63. The smallest absolute Gasteiger partial charge is 0.340 e. The normalized spacial score (nSPS) is 16.7. The fourth-order valence-corrected chi connectivity index (χ4v) is 2.70. The van der Waals surface area contributed by atoms with Crippen LogP contribution < -0.4 is 10.5 Å². The van der Waals surface area contributed by atoms with E-state index >= 15 is 0 Å². The van der Waals surface area contributed by atoms with Gasteiger partial charge in [-0.25, -0.2) is 4.79 Å². The number of fused-ring (bicyclic) bond motifs is 1. The highest BCUT2D eigenvalue weighted by atomic mass is 16.5. The second-order valence-corrected chi connectivity index (χ2v) is 4.98. The number of hydrogen-bond acceptors (Lipinski definition) is 4. The summed E-state index contributed by atoms with van der Waals surface area (Å²) >= 11 is 0. The second kappa shape index (κ2) is 5.93. The molecule has 0 aromatic heterocycles. The molecule has 0 fully saturated rings. The lowest BCUT2D eigenvalue weighted by atomic mass is 9.83. The van der Waals surface area contributed by atoms with Crippen LogP contribution in [-0.4, -0.2) is 12.6 Å². The quantitative estimate of drug-likeness (QED) is 0.884. The van der Waals surface area contributed by atoms with Gasteiger partial charge in [0.2, 0.25) is 5.88 Å². The van der Waals surface area contributed by atoms with E-state index in [0.717, 1.165) is 11.1 Å². The SMILES string of the molecule is CCOC(=O)C1=C(N)Oc2ccccc2[C@H]1c1ccccc1. The molecule has 0 bridgehead atoms. The lowest BCUT2D eigenvalue weighted by Gasteiger charge is -2.28. The van der Waals surface area contributed by atoms with Crippen LogP contribution in [0.4, 0.5) is 0 Å². The Bertz CT molecular complexity index is 722. The number of esters is 1. The number of benzene rings is 2. The molecule has 2 N–H and O–H groups in total. The molecule has 0 saturated heterocycles. The van der Waals surface area contributed by atoms with E-state index in [-0.39, 0.29) is 11.8 Å². The Labute approximate surface area is 129 Å². The Morgan fingerprint density at radius 1 is 1.14 bits per heavy atom. The number of para-hydroxylation sites is 1. The number of carbonyl (C=O) groups is 1. The summed E-state index contributed by atoms with van der Waals surface area (Å²) in [5.74, 6) is 0.0430. The Morgan fingerprint density at radius 3 is 2.55 bits per heavy atom. The molecule has 0 spiro atoms. The highest BCUT2D eigenvalue weighted by Crippen LogP contribution is 2.42. The number of nitrogens with two attached hydrogens (primary N) is 1. The van der Waals surface area contributed by atoms with Crippen LogP contribution in [0.1, 0.15) is 24.0 Å².